The van der Waals surface area contributed by atoms with Crippen LogP contribution in [0.4, 0.5) is 10.8 Å². The Kier molecular flexibility index (Phi) is 6.85. The Morgan fingerprint density at radius 2 is 1.91 bits per heavy atom. The van der Waals surface area contributed by atoms with Crippen LogP contribution >= 0.6 is 23.1 Å². The maximum absolute atomic E-state index is 13.1. The van der Waals surface area contributed by atoms with Gasteiger partial charge in [0, 0.05) is 25.3 Å². The van der Waals surface area contributed by atoms with Crippen LogP contribution in [0.5, 0.6) is 0 Å². The van der Waals surface area contributed by atoms with Crippen LogP contribution in [0.25, 0.3) is 10.3 Å². The van der Waals surface area contributed by atoms with Crippen LogP contribution in [0.15, 0.2) is 28.2 Å². The van der Waals surface area contributed by atoms with Crippen molar-refractivity contribution in [3.05, 3.63) is 39.7 Å². The Hall–Kier alpha value is -2.39. The third-order valence-corrected chi connectivity index (χ3v) is 7.99. The molecule has 3 heterocycles. The van der Waals surface area contributed by atoms with Gasteiger partial charge in [0.15, 0.2) is 15.9 Å². The van der Waals surface area contributed by atoms with E-state index in [0.29, 0.717) is 22.0 Å². The number of hydrogen-bond acceptors (Lipinski definition) is 7. The Bertz CT molecular complexity index is 1170. The summed E-state index contributed by atoms with van der Waals surface area (Å²) in [6, 6.07) is 5.92. The van der Waals surface area contributed by atoms with Crippen molar-refractivity contribution in [2.45, 2.75) is 52.2 Å². The largest absolute Gasteiger partial charge is 0.348 e. The Morgan fingerprint density at radius 3 is 2.56 bits per heavy atom. The van der Waals surface area contributed by atoms with Crippen molar-refractivity contribution < 1.29 is 4.79 Å². The highest BCUT2D eigenvalue weighted by Crippen LogP contribution is 2.30. The zero-order chi connectivity index (χ0) is 22.8. The lowest BCUT2D eigenvalue weighted by Crippen LogP contribution is -2.32. The Morgan fingerprint density at radius 1 is 1.22 bits per heavy atom. The van der Waals surface area contributed by atoms with Gasteiger partial charge < -0.3 is 10.2 Å². The van der Waals surface area contributed by atoms with Gasteiger partial charge in [-0.2, -0.15) is 4.98 Å². The molecular weight excluding hydrogens is 442 g/mol. The molecule has 0 atom stereocenters. The average Bonchev–Trinajstić information content (AvgIpc) is 3.20. The maximum atomic E-state index is 13.1. The molecule has 0 unspecified atom stereocenters. The molecule has 0 spiro atoms. The van der Waals surface area contributed by atoms with Gasteiger partial charge in [-0.3, -0.25) is 14.2 Å². The van der Waals surface area contributed by atoms with E-state index in [0.717, 1.165) is 53.8 Å². The molecule has 0 radical (unpaired) electrons. The predicted octanol–water partition coefficient (Wildman–Crippen LogP) is 4.46. The van der Waals surface area contributed by atoms with Crippen molar-refractivity contribution in [2.24, 2.45) is 5.92 Å². The van der Waals surface area contributed by atoms with Gasteiger partial charge in [0.2, 0.25) is 5.91 Å². The van der Waals surface area contributed by atoms with Crippen LogP contribution in [-0.2, 0) is 11.3 Å². The van der Waals surface area contributed by atoms with Gasteiger partial charge in [-0.05, 0) is 50.7 Å². The Labute approximate surface area is 196 Å². The molecule has 0 aliphatic carbocycles. The molecule has 7 nitrogen and oxygen atoms in total. The number of rotatable bonds is 6. The second-order valence-corrected chi connectivity index (χ2v) is 10.3. The van der Waals surface area contributed by atoms with E-state index < -0.39 is 0 Å². The van der Waals surface area contributed by atoms with Crippen LogP contribution in [0.3, 0.4) is 0 Å². The molecule has 0 saturated carbocycles. The second kappa shape index (κ2) is 9.62. The van der Waals surface area contributed by atoms with Gasteiger partial charge in [-0.25, -0.2) is 4.98 Å². The van der Waals surface area contributed by atoms with Crippen LogP contribution < -0.4 is 15.8 Å². The fourth-order valence-electron chi connectivity index (χ4n) is 3.92. The number of piperidine rings is 1. The van der Waals surface area contributed by atoms with Crippen LogP contribution in [0, 0.1) is 19.8 Å². The number of aromatic nitrogens is 3. The Balaban J connectivity index is 1.54. The van der Waals surface area contributed by atoms with Gasteiger partial charge in [-0.15, -0.1) is 0 Å². The molecule has 1 aromatic carbocycles. The highest BCUT2D eigenvalue weighted by atomic mass is 32.2. The fourth-order valence-corrected chi connectivity index (χ4v) is 5.78. The van der Waals surface area contributed by atoms with Crippen LogP contribution in [0.1, 0.15) is 37.8 Å². The minimum Gasteiger partial charge on any atom is -0.348 e. The number of thiazole rings is 1. The lowest BCUT2D eigenvalue weighted by atomic mass is 10.00. The lowest BCUT2D eigenvalue weighted by Gasteiger charge is -2.29. The highest BCUT2D eigenvalue weighted by Gasteiger charge is 2.22. The number of nitrogens with zero attached hydrogens (tertiary/aromatic N) is 4. The number of nitrogens with one attached hydrogen (secondary N) is 1. The molecule has 1 N–H and O–H groups in total. The molecule has 1 aliphatic rings. The van der Waals surface area contributed by atoms with Crippen molar-refractivity contribution in [3.63, 3.8) is 0 Å². The first-order chi connectivity index (χ1) is 15.4. The molecule has 1 aliphatic heterocycles. The van der Waals surface area contributed by atoms with E-state index in [9.17, 15) is 9.59 Å². The van der Waals surface area contributed by atoms with Gasteiger partial charge >= 0.3 is 0 Å². The quantitative estimate of drug-likeness (QED) is 0.422. The number of thioether (sulfide) groups is 1. The molecule has 170 valence electrons. The third-order valence-electron chi connectivity index (χ3n) is 5.92. The fraction of sp³-hybridized carbons (Fsp3) is 0.478. The topological polar surface area (TPSA) is 80.1 Å². The highest BCUT2D eigenvalue weighted by molar-refractivity contribution is 7.99. The van der Waals surface area contributed by atoms with Gasteiger partial charge in [0.1, 0.15) is 4.70 Å². The number of amides is 1. The van der Waals surface area contributed by atoms with Crippen molar-refractivity contribution in [2.75, 3.05) is 29.1 Å². The number of carbonyl (C=O) groups is 1. The van der Waals surface area contributed by atoms with Crippen molar-refractivity contribution in [3.8, 4) is 0 Å². The van der Waals surface area contributed by atoms with Crippen LogP contribution in [-0.4, -0.2) is 39.3 Å². The number of benzene rings is 1. The molecule has 2 aromatic heterocycles. The number of aryl methyl sites for hydroxylation is 2. The summed E-state index contributed by atoms with van der Waals surface area (Å²) >= 11 is 2.71. The number of para-hydroxylation sites is 1. The normalized spacial score (nSPS) is 14.8. The van der Waals surface area contributed by atoms with E-state index >= 15 is 0 Å². The molecule has 3 aromatic rings. The first-order valence-corrected chi connectivity index (χ1v) is 12.8. The molecule has 9 heteroatoms. The summed E-state index contributed by atoms with van der Waals surface area (Å²) in [4.78, 5) is 37.3. The van der Waals surface area contributed by atoms with Gasteiger partial charge in [0.25, 0.3) is 5.56 Å². The number of hydrogen-bond donors (Lipinski definition) is 1. The number of carbonyl (C=O) groups excluding carboxylic acids is 1. The minimum absolute atomic E-state index is 0.0794. The SMILES string of the molecule is CCn1c(SCC(=O)Nc2c(C)cccc2C)nc2nc(N3CCC(C)CC3)sc2c1=O. The monoisotopic (exact) mass is 471 g/mol. The number of anilines is 2. The summed E-state index contributed by atoms with van der Waals surface area (Å²) in [5.74, 6) is 0.784. The smallest absolute Gasteiger partial charge is 0.273 e. The molecule has 4 rings (SSSR count). The summed E-state index contributed by atoms with van der Waals surface area (Å²) in [5.41, 5.74) is 3.29. The van der Waals surface area contributed by atoms with E-state index in [-0.39, 0.29) is 17.2 Å². The van der Waals surface area contributed by atoms with E-state index in [2.05, 4.69) is 27.1 Å². The van der Waals surface area contributed by atoms with E-state index in [4.69, 9.17) is 0 Å². The van der Waals surface area contributed by atoms with Gasteiger partial charge in [0.05, 0.1) is 5.75 Å². The summed E-state index contributed by atoms with van der Waals surface area (Å²) in [6.45, 7) is 10.6. The van der Waals surface area contributed by atoms with Crippen molar-refractivity contribution >= 4 is 50.2 Å². The lowest BCUT2D eigenvalue weighted by molar-refractivity contribution is -0.113. The molecule has 0 bridgehead atoms. The minimum atomic E-state index is -0.120. The molecule has 1 saturated heterocycles. The first kappa shape index (κ1) is 22.8. The summed E-state index contributed by atoms with van der Waals surface area (Å²) in [6.07, 6.45) is 2.28. The van der Waals surface area contributed by atoms with E-state index in [1.807, 2.05) is 39.0 Å². The predicted molar refractivity (Wildman–Crippen MR) is 133 cm³/mol. The summed E-state index contributed by atoms with van der Waals surface area (Å²) in [7, 11) is 0. The van der Waals surface area contributed by atoms with Crippen LogP contribution in [0.2, 0.25) is 0 Å². The molecule has 1 fully saturated rings. The van der Waals surface area contributed by atoms with E-state index in [1.54, 1.807) is 4.57 Å². The summed E-state index contributed by atoms with van der Waals surface area (Å²) < 4.78 is 2.23. The second-order valence-electron chi connectivity index (χ2n) is 8.37. The maximum Gasteiger partial charge on any atom is 0.273 e. The molecular formula is C23H29N5O2S2. The third kappa shape index (κ3) is 4.68. The zero-order valence-corrected chi connectivity index (χ0v) is 20.6. The first-order valence-electron chi connectivity index (χ1n) is 11.0. The van der Waals surface area contributed by atoms with Crippen molar-refractivity contribution in [1.29, 1.82) is 0 Å². The average molecular weight is 472 g/mol. The summed E-state index contributed by atoms with van der Waals surface area (Å²) in [5, 5.41) is 4.40. The zero-order valence-electron chi connectivity index (χ0n) is 19.0. The molecule has 1 amide bonds. The molecule has 32 heavy (non-hydrogen) atoms. The van der Waals surface area contributed by atoms with Gasteiger partial charge in [-0.1, -0.05) is 48.2 Å². The van der Waals surface area contributed by atoms with E-state index in [1.165, 1.54) is 23.1 Å². The number of fused-ring (bicyclic) bond motifs is 1. The standard InChI is InChI=1S/C23H29N5O2S2/c1-5-28-21(30)19-20(25-22(32-19)27-11-9-14(2)10-12-27)26-23(28)31-13-17(29)24-18-15(3)7-6-8-16(18)4/h6-8,14H,5,9-13H2,1-4H3,(H,24,29). The van der Waals surface area contributed by atoms with Crippen molar-refractivity contribution in [1.82, 2.24) is 14.5 Å².